The van der Waals surface area contributed by atoms with Gasteiger partial charge in [0.25, 0.3) is 0 Å². The third kappa shape index (κ3) is 3.94. The zero-order valence-corrected chi connectivity index (χ0v) is 17.9. The van der Waals surface area contributed by atoms with E-state index in [-0.39, 0.29) is 0 Å². The number of hydrogen-bond donors (Lipinski definition) is 1. The Labute approximate surface area is 179 Å². The highest BCUT2D eigenvalue weighted by molar-refractivity contribution is 6.22. The third-order valence-electron chi connectivity index (χ3n) is 6.10. The summed E-state index contributed by atoms with van der Waals surface area (Å²) in [4.78, 5) is 14.0. The lowest BCUT2D eigenvalue weighted by atomic mass is 9.87. The molecule has 7 heteroatoms. The molecule has 5 heterocycles. The van der Waals surface area contributed by atoms with E-state index in [1.165, 1.54) is 12.0 Å². The van der Waals surface area contributed by atoms with Crippen molar-refractivity contribution in [2.75, 3.05) is 25.1 Å². The van der Waals surface area contributed by atoms with E-state index < -0.39 is 0 Å². The Morgan fingerprint density at radius 1 is 1.20 bits per heavy atom. The van der Waals surface area contributed by atoms with Crippen LogP contribution in [0.2, 0.25) is 0 Å². The SMILES string of the molecule is [B]/C(C)=C(N)\C(=C/C)c1ccc(N2CC3CC(C2)N3Cc2ccc(OC)nc2)nc1. The molecule has 0 aliphatic carbocycles. The second kappa shape index (κ2) is 8.52. The van der Waals surface area contributed by atoms with Gasteiger partial charge in [0.15, 0.2) is 0 Å². The van der Waals surface area contributed by atoms with Crippen LogP contribution < -0.4 is 15.4 Å². The maximum atomic E-state index is 6.13. The summed E-state index contributed by atoms with van der Waals surface area (Å²) in [5, 5.41) is 0. The van der Waals surface area contributed by atoms with Gasteiger partial charge in [0.05, 0.1) is 7.11 Å². The molecule has 5 rings (SSSR count). The van der Waals surface area contributed by atoms with Gasteiger partial charge in [-0.15, -0.1) is 0 Å². The number of ether oxygens (including phenoxy) is 1. The van der Waals surface area contributed by atoms with Crippen LogP contribution in [-0.4, -0.2) is 55.0 Å². The van der Waals surface area contributed by atoms with Crippen molar-refractivity contribution in [3.05, 3.63) is 65.0 Å². The lowest BCUT2D eigenvalue weighted by Crippen LogP contribution is -2.68. The van der Waals surface area contributed by atoms with Crippen LogP contribution in [0.25, 0.3) is 5.57 Å². The average Bonchev–Trinajstić information content (AvgIpc) is 2.78. The van der Waals surface area contributed by atoms with Crippen molar-refractivity contribution >= 4 is 19.2 Å². The highest BCUT2D eigenvalue weighted by Gasteiger charge is 2.44. The monoisotopic (exact) mass is 401 g/mol. The van der Waals surface area contributed by atoms with Gasteiger partial charge in [-0.25, -0.2) is 9.97 Å². The van der Waals surface area contributed by atoms with Crippen LogP contribution in [-0.2, 0) is 6.54 Å². The lowest BCUT2D eigenvalue weighted by Gasteiger charge is -2.56. The summed E-state index contributed by atoms with van der Waals surface area (Å²) in [6.07, 6.45) is 7.02. The molecule has 30 heavy (non-hydrogen) atoms. The number of aromatic nitrogens is 2. The number of nitrogens with two attached hydrogens (primary N) is 1. The molecule has 0 spiro atoms. The van der Waals surface area contributed by atoms with Crippen LogP contribution in [0.5, 0.6) is 5.88 Å². The summed E-state index contributed by atoms with van der Waals surface area (Å²) < 4.78 is 5.15. The quantitative estimate of drug-likeness (QED) is 0.593. The summed E-state index contributed by atoms with van der Waals surface area (Å²) in [5.41, 5.74) is 10.5. The van der Waals surface area contributed by atoms with Crippen LogP contribution >= 0.6 is 0 Å². The minimum atomic E-state index is 0.553. The second-order valence-electron chi connectivity index (χ2n) is 8.03. The molecule has 3 aliphatic heterocycles. The van der Waals surface area contributed by atoms with Gasteiger partial charge in [-0.1, -0.05) is 24.5 Å². The minimum Gasteiger partial charge on any atom is -0.481 e. The van der Waals surface area contributed by atoms with Crippen molar-refractivity contribution in [2.24, 2.45) is 5.73 Å². The van der Waals surface area contributed by atoms with Crippen molar-refractivity contribution in [1.82, 2.24) is 14.9 Å². The molecule has 2 aromatic heterocycles. The van der Waals surface area contributed by atoms with E-state index in [1.807, 2.05) is 38.4 Å². The van der Waals surface area contributed by atoms with Crippen LogP contribution in [0, 0.1) is 0 Å². The Hall–Kier alpha value is -2.80. The van der Waals surface area contributed by atoms with Crippen LogP contribution in [0.15, 0.2) is 53.9 Å². The predicted molar refractivity (Wildman–Crippen MR) is 121 cm³/mol. The van der Waals surface area contributed by atoms with Gasteiger partial charge < -0.3 is 15.4 Å². The first kappa shape index (κ1) is 20.5. The van der Waals surface area contributed by atoms with Gasteiger partial charge >= 0.3 is 0 Å². The van der Waals surface area contributed by atoms with Crippen LogP contribution in [0.4, 0.5) is 5.82 Å². The zero-order valence-electron chi connectivity index (χ0n) is 17.9. The number of nitrogens with zero attached hydrogens (tertiary/aromatic N) is 4. The van der Waals surface area contributed by atoms with Crippen LogP contribution in [0.3, 0.4) is 0 Å². The first-order valence-corrected chi connectivity index (χ1v) is 10.3. The second-order valence-corrected chi connectivity index (χ2v) is 8.03. The molecule has 2 radical (unpaired) electrons. The molecule has 2 aromatic rings. The van der Waals surface area contributed by atoms with Gasteiger partial charge in [-0.2, -0.15) is 0 Å². The number of hydrogen-bond acceptors (Lipinski definition) is 6. The maximum Gasteiger partial charge on any atom is 0.212 e. The van der Waals surface area contributed by atoms with E-state index in [0.717, 1.165) is 36.6 Å². The van der Waals surface area contributed by atoms with Crippen molar-refractivity contribution in [3.8, 4) is 5.88 Å². The lowest BCUT2D eigenvalue weighted by molar-refractivity contribution is -0.00877. The summed E-state index contributed by atoms with van der Waals surface area (Å²) in [5.74, 6) is 1.67. The molecule has 6 nitrogen and oxygen atoms in total. The Morgan fingerprint density at radius 2 is 1.97 bits per heavy atom. The molecule has 3 aliphatic rings. The average molecular weight is 401 g/mol. The zero-order chi connectivity index (χ0) is 21.3. The smallest absolute Gasteiger partial charge is 0.212 e. The molecule has 3 fully saturated rings. The van der Waals surface area contributed by atoms with Crippen molar-refractivity contribution in [2.45, 2.75) is 38.9 Å². The molecule has 0 aromatic carbocycles. The van der Waals surface area contributed by atoms with E-state index in [2.05, 4.69) is 33.0 Å². The molecule has 2 atom stereocenters. The van der Waals surface area contributed by atoms with Crippen LogP contribution in [0.1, 0.15) is 31.4 Å². The molecular weight excluding hydrogens is 373 g/mol. The van der Waals surface area contributed by atoms with E-state index in [4.69, 9.17) is 23.3 Å². The number of rotatable bonds is 6. The Bertz CT molecular complexity index is 939. The third-order valence-corrected chi connectivity index (χ3v) is 6.10. The van der Waals surface area contributed by atoms with E-state index in [0.29, 0.717) is 29.1 Å². The molecule has 2 N–H and O–H groups in total. The minimum absolute atomic E-state index is 0.553. The molecule has 3 saturated heterocycles. The topological polar surface area (TPSA) is 67.5 Å². The number of piperidine rings is 1. The summed E-state index contributed by atoms with van der Waals surface area (Å²) in [7, 11) is 7.51. The first-order chi connectivity index (χ1) is 14.5. The Balaban J connectivity index is 1.40. The number of anilines is 1. The van der Waals surface area contributed by atoms with Gasteiger partial charge in [0, 0.05) is 67.0 Å². The summed E-state index contributed by atoms with van der Waals surface area (Å²) >= 11 is 0. The molecule has 0 amide bonds. The fourth-order valence-corrected chi connectivity index (χ4v) is 4.39. The number of piperazine rings is 1. The molecular formula is C23H28BN5O. The standard InChI is InChI=1S/C23H28BN5O/c1-4-20(23(25)15(2)24)17-6-7-21(26-11-17)28-13-18-9-19(14-28)29(18)12-16-5-8-22(30-3)27-10-16/h4-8,10-11,18-19H,9,12-14,25H2,1-3H3/b20-4-,23-15+. The molecule has 2 bridgehead atoms. The number of fused-ring (bicyclic) bond motifs is 2. The maximum absolute atomic E-state index is 6.13. The Kier molecular flexibility index (Phi) is 5.81. The van der Waals surface area contributed by atoms with E-state index in [1.54, 1.807) is 7.11 Å². The largest absolute Gasteiger partial charge is 0.481 e. The van der Waals surface area contributed by atoms with Gasteiger partial charge in [0.2, 0.25) is 5.88 Å². The van der Waals surface area contributed by atoms with Gasteiger partial charge in [0.1, 0.15) is 13.7 Å². The normalized spacial score (nSPS) is 22.4. The van der Waals surface area contributed by atoms with E-state index >= 15 is 0 Å². The van der Waals surface area contributed by atoms with Crippen molar-refractivity contribution in [1.29, 1.82) is 0 Å². The van der Waals surface area contributed by atoms with Crippen molar-refractivity contribution in [3.63, 3.8) is 0 Å². The fraction of sp³-hybridized carbons (Fsp3) is 0.391. The number of pyridine rings is 2. The summed E-state index contributed by atoms with van der Waals surface area (Å²) in [6, 6.07) is 9.29. The van der Waals surface area contributed by atoms with Gasteiger partial charge in [-0.3, -0.25) is 4.90 Å². The fourth-order valence-electron chi connectivity index (χ4n) is 4.39. The highest BCUT2D eigenvalue weighted by atomic mass is 16.5. The summed E-state index contributed by atoms with van der Waals surface area (Å²) in [6.45, 7) is 6.69. The molecule has 2 unspecified atom stereocenters. The molecule has 0 saturated carbocycles. The molecule has 154 valence electrons. The first-order valence-electron chi connectivity index (χ1n) is 10.3. The predicted octanol–water partition coefficient (Wildman–Crippen LogP) is 2.71. The van der Waals surface area contributed by atoms with Crippen molar-refractivity contribution < 1.29 is 4.74 Å². The van der Waals surface area contributed by atoms with E-state index in [9.17, 15) is 0 Å². The highest BCUT2D eigenvalue weighted by Crippen LogP contribution is 2.35. The number of allylic oxidation sites excluding steroid dienone is 3. The Morgan fingerprint density at radius 3 is 2.50 bits per heavy atom. The van der Waals surface area contributed by atoms with Gasteiger partial charge in [-0.05, 0) is 31.0 Å². The number of methoxy groups -OCH3 is 1.